The summed E-state index contributed by atoms with van der Waals surface area (Å²) in [6, 6.07) is 6.95. The quantitative estimate of drug-likeness (QED) is 0.423. The molecule has 0 amide bonds. The van der Waals surface area contributed by atoms with Crippen LogP contribution in [0, 0.1) is 11.8 Å². The Hall–Kier alpha value is -2.79. The lowest BCUT2D eigenvalue weighted by atomic mass is 9.97. The van der Waals surface area contributed by atoms with E-state index in [0.29, 0.717) is 49.0 Å². The Balaban J connectivity index is 1.68. The number of ether oxygens (including phenoxy) is 1. The molecule has 0 saturated carbocycles. The Morgan fingerprint density at radius 2 is 1.78 bits per heavy atom. The Bertz CT molecular complexity index is 1070. The molecule has 1 unspecified atom stereocenters. The smallest absolute Gasteiger partial charge is 0.416 e. The van der Waals surface area contributed by atoms with Gasteiger partial charge in [0, 0.05) is 18.5 Å². The molecule has 0 bridgehead atoms. The number of nitrogens with zero attached hydrogens (tertiary/aromatic N) is 1. The maximum Gasteiger partial charge on any atom is 0.416 e. The SMILES string of the molecule is C[C@H](C(=O)O)[C@@H](O)c1cccc(OCC2CCN([C@@H](C)c3cc(C(F)(F)F)ccc3C(F)(F)F)C2)c1. The van der Waals surface area contributed by atoms with Gasteiger partial charge in [0.2, 0.25) is 0 Å². The van der Waals surface area contributed by atoms with Crippen LogP contribution in [0.25, 0.3) is 0 Å². The van der Waals surface area contributed by atoms with E-state index in [0.717, 1.165) is 0 Å². The lowest BCUT2D eigenvalue weighted by Crippen LogP contribution is -2.28. The molecule has 2 N–H and O–H groups in total. The first-order valence-corrected chi connectivity index (χ1v) is 11.3. The number of likely N-dealkylation sites (tertiary alicyclic amines) is 1. The van der Waals surface area contributed by atoms with Gasteiger partial charge in [-0.2, -0.15) is 26.3 Å². The van der Waals surface area contributed by atoms with Crippen LogP contribution in [0.3, 0.4) is 0 Å². The minimum atomic E-state index is -4.79. The molecule has 11 heteroatoms. The summed E-state index contributed by atoms with van der Waals surface area (Å²) in [6.07, 6.45) is -10.2. The summed E-state index contributed by atoms with van der Waals surface area (Å²) < 4.78 is 85.8. The summed E-state index contributed by atoms with van der Waals surface area (Å²) in [5.41, 5.74) is -2.27. The number of hydrogen-bond acceptors (Lipinski definition) is 4. The van der Waals surface area contributed by atoms with E-state index in [1.54, 1.807) is 23.1 Å². The number of alkyl halides is 6. The minimum Gasteiger partial charge on any atom is -0.493 e. The lowest BCUT2D eigenvalue weighted by molar-refractivity contribution is -0.145. The molecule has 4 atom stereocenters. The number of benzene rings is 2. The van der Waals surface area contributed by atoms with E-state index in [1.807, 2.05) is 0 Å². The van der Waals surface area contributed by atoms with Gasteiger partial charge in [-0.05, 0) is 68.3 Å². The molecule has 2 aromatic rings. The van der Waals surface area contributed by atoms with E-state index in [4.69, 9.17) is 9.84 Å². The van der Waals surface area contributed by atoms with Crippen molar-refractivity contribution in [1.29, 1.82) is 0 Å². The van der Waals surface area contributed by atoms with Crippen molar-refractivity contribution in [1.82, 2.24) is 4.90 Å². The molecular formula is C25H27F6NO4. The molecule has 198 valence electrons. The molecular weight excluding hydrogens is 492 g/mol. The second kappa shape index (κ2) is 10.7. The van der Waals surface area contributed by atoms with E-state index in [1.165, 1.54) is 19.9 Å². The van der Waals surface area contributed by atoms with Crippen molar-refractivity contribution in [2.24, 2.45) is 11.8 Å². The summed E-state index contributed by atoms with van der Waals surface area (Å²) in [5.74, 6) is -1.86. The first-order chi connectivity index (χ1) is 16.7. The van der Waals surface area contributed by atoms with Crippen LogP contribution in [0.4, 0.5) is 26.3 Å². The molecule has 3 rings (SSSR count). The number of carboxylic acid groups (broad SMARTS) is 1. The highest BCUT2D eigenvalue weighted by Crippen LogP contribution is 2.41. The van der Waals surface area contributed by atoms with Crippen LogP contribution in [0.15, 0.2) is 42.5 Å². The standard InChI is InChI=1S/C25H27F6NO4/c1-14(23(34)35)22(33)17-4-3-5-19(10-17)36-13-16-8-9-32(12-16)15(2)20-11-18(24(26,27)28)6-7-21(20)25(29,30)31/h3-7,10-11,14-16,22,33H,8-9,12-13H2,1-2H3,(H,34,35)/t14-,15-,16?,22+/m0/s1. The number of hydrogen-bond donors (Lipinski definition) is 2. The van der Waals surface area contributed by atoms with Gasteiger partial charge in [0.05, 0.1) is 29.8 Å². The molecule has 5 nitrogen and oxygen atoms in total. The van der Waals surface area contributed by atoms with E-state index in [9.17, 15) is 36.2 Å². The number of carbonyl (C=O) groups is 1. The van der Waals surface area contributed by atoms with Crippen LogP contribution in [-0.4, -0.2) is 40.8 Å². The van der Waals surface area contributed by atoms with Crippen LogP contribution in [0.1, 0.15) is 54.7 Å². The van der Waals surface area contributed by atoms with Crippen LogP contribution >= 0.6 is 0 Å². The molecule has 1 fully saturated rings. The Kier molecular flexibility index (Phi) is 8.24. The highest BCUT2D eigenvalue weighted by molar-refractivity contribution is 5.70. The van der Waals surface area contributed by atoms with Gasteiger partial charge < -0.3 is 14.9 Å². The highest BCUT2D eigenvalue weighted by atomic mass is 19.4. The summed E-state index contributed by atoms with van der Waals surface area (Å²) in [4.78, 5) is 12.8. The third-order valence-electron chi connectivity index (χ3n) is 6.55. The highest BCUT2D eigenvalue weighted by Gasteiger charge is 2.39. The first-order valence-electron chi connectivity index (χ1n) is 11.3. The average molecular weight is 519 g/mol. The lowest BCUT2D eigenvalue weighted by Gasteiger charge is -2.28. The minimum absolute atomic E-state index is 0.0842. The molecule has 0 spiro atoms. The average Bonchev–Trinajstić information content (AvgIpc) is 3.29. The number of carboxylic acids is 1. The van der Waals surface area contributed by atoms with Crippen molar-refractivity contribution in [2.75, 3.05) is 19.7 Å². The normalized spacial score (nSPS) is 19.6. The van der Waals surface area contributed by atoms with Crippen molar-refractivity contribution >= 4 is 5.97 Å². The summed E-state index contributed by atoms with van der Waals surface area (Å²) in [7, 11) is 0. The van der Waals surface area contributed by atoms with Gasteiger partial charge in [-0.3, -0.25) is 9.69 Å². The Labute approximate surface area is 204 Å². The van der Waals surface area contributed by atoms with Gasteiger partial charge >= 0.3 is 18.3 Å². The maximum absolute atomic E-state index is 13.5. The molecule has 0 aromatic heterocycles. The fraction of sp³-hybridized carbons (Fsp3) is 0.480. The number of aliphatic hydroxyl groups excluding tert-OH is 1. The fourth-order valence-corrected chi connectivity index (χ4v) is 4.32. The largest absolute Gasteiger partial charge is 0.493 e. The van der Waals surface area contributed by atoms with E-state index >= 15 is 0 Å². The molecule has 2 aromatic carbocycles. The number of rotatable bonds is 8. The van der Waals surface area contributed by atoms with Gasteiger partial charge in [0.15, 0.2) is 0 Å². The number of halogens is 6. The number of aliphatic hydroxyl groups is 1. The van der Waals surface area contributed by atoms with E-state index in [2.05, 4.69) is 0 Å². The first kappa shape index (κ1) is 27.8. The monoisotopic (exact) mass is 519 g/mol. The van der Waals surface area contributed by atoms with E-state index < -0.39 is 53.1 Å². The van der Waals surface area contributed by atoms with Crippen molar-refractivity contribution < 1.29 is 46.1 Å². The predicted molar refractivity (Wildman–Crippen MR) is 118 cm³/mol. The third-order valence-corrected chi connectivity index (χ3v) is 6.55. The van der Waals surface area contributed by atoms with Gasteiger partial charge in [-0.15, -0.1) is 0 Å². The summed E-state index contributed by atoms with van der Waals surface area (Å²) >= 11 is 0. The second-order valence-corrected chi connectivity index (χ2v) is 9.08. The summed E-state index contributed by atoms with van der Waals surface area (Å²) in [5, 5.41) is 19.3. The second-order valence-electron chi connectivity index (χ2n) is 9.08. The van der Waals surface area contributed by atoms with Crippen LogP contribution < -0.4 is 4.74 Å². The molecule has 1 aliphatic heterocycles. The topological polar surface area (TPSA) is 70.0 Å². The van der Waals surface area contributed by atoms with Gasteiger partial charge in [-0.25, -0.2) is 0 Å². The van der Waals surface area contributed by atoms with Gasteiger partial charge in [0.25, 0.3) is 0 Å². The van der Waals surface area contributed by atoms with Gasteiger partial charge in [0.1, 0.15) is 5.75 Å². The fourth-order valence-electron chi connectivity index (χ4n) is 4.32. The maximum atomic E-state index is 13.5. The van der Waals surface area contributed by atoms with E-state index in [-0.39, 0.29) is 12.5 Å². The van der Waals surface area contributed by atoms with Crippen molar-refractivity contribution in [2.45, 2.75) is 44.8 Å². The van der Waals surface area contributed by atoms with Crippen LogP contribution in [0.5, 0.6) is 5.75 Å². The predicted octanol–water partition coefficient (Wildman–Crippen LogP) is 5.94. The van der Waals surface area contributed by atoms with Crippen LogP contribution in [0.2, 0.25) is 0 Å². The van der Waals surface area contributed by atoms with Crippen molar-refractivity contribution in [3.05, 3.63) is 64.7 Å². The molecule has 0 aliphatic carbocycles. The molecule has 0 radical (unpaired) electrons. The molecule has 1 aliphatic rings. The zero-order valence-corrected chi connectivity index (χ0v) is 19.6. The van der Waals surface area contributed by atoms with Crippen molar-refractivity contribution in [3.63, 3.8) is 0 Å². The van der Waals surface area contributed by atoms with Crippen molar-refractivity contribution in [3.8, 4) is 5.75 Å². The van der Waals surface area contributed by atoms with Crippen LogP contribution in [-0.2, 0) is 17.1 Å². The Morgan fingerprint density at radius 3 is 2.39 bits per heavy atom. The zero-order valence-electron chi connectivity index (χ0n) is 19.6. The van der Waals surface area contributed by atoms with Gasteiger partial charge in [-0.1, -0.05) is 12.1 Å². The zero-order chi connectivity index (χ0) is 26.8. The molecule has 36 heavy (non-hydrogen) atoms. The molecule has 1 heterocycles. The number of aliphatic carboxylic acids is 1. The molecule has 1 saturated heterocycles. The third kappa shape index (κ3) is 6.50. The summed E-state index contributed by atoms with van der Waals surface area (Å²) in [6.45, 7) is 3.75. The Morgan fingerprint density at radius 1 is 1.08 bits per heavy atom.